The van der Waals surface area contributed by atoms with E-state index in [0.717, 1.165) is 11.3 Å². The number of oxime groups is 1. The molecule has 1 aromatic heterocycles. The zero-order chi connectivity index (χ0) is 21.5. The SMILES string of the molecule is CCOC(=O)/C(=N\OC(=O)OC(C)(C)C)c1csc(NC(=O)OC(C)(C)C)n1. The first-order valence-electron chi connectivity index (χ1n) is 8.41. The highest BCUT2D eigenvalue weighted by molar-refractivity contribution is 7.14. The van der Waals surface area contributed by atoms with Gasteiger partial charge in [0, 0.05) is 5.38 Å². The maximum absolute atomic E-state index is 12.1. The lowest BCUT2D eigenvalue weighted by molar-refractivity contribution is -0.135. The third kappa shape index (κ3) is 8.80. The maximum atomic E-state index is 12.1. The molecule has 1 aromatic rings. The molecule has 1 amide bonds. The second kappa shape index (κ2) is 9.49. The van der Waals surface area contributed by atoms with E-state index in [1.54, 1.807) is 48.5 Å². The highest BCUT2D eigenvalue weighted by atomic mass is 32.1. The summed E-state index contributed by atoms with van der Waals surface area (Å²) in [5.41, 5.74) is -1.76. The molecular formula is C17H25N3O7S. The number of hydrogen-bond acceptors (Lipinski definition) is 10. The second-order valence-corrected chi connectivity index (χ2v) is 8.24. The molecule has 0 aromatic carbocycles. The van der Waals surface area contributed by atoms with Crippen molar-refractivity contribution >= 4 is 40.4 Å². The van der Waals surface area contributed by atoms with E-state index >= 15 is 0 Å². The third-order valence-electron chi connectivity index (χ3n) is 2.42. The van der Waals surface area contributed by atoms with Crippen LogP contribution < -0.4 is 5.32 Å². The van der Waals surface area contributed by atoms with Crippen molar-refractivity contribution in [3.8, 4) is 0 Å². The summed E-state index contributed by atoms with van der Waals surface area (Å²) in [6.45, 7) is 11.8. The van der Waals surface area contributed by atoms with Crippen LogP contribution in [0.1, 0.15) is 54.2 Å². The van der Waals surface area contributed by atoms with Gasteiger partial charge in [-0.15, -0.1) is 11.3 Å². The van der Waals surface area contributed by atoms with Crippen molar-refractivity contribution in [2.24, 2.45) is 5.16 Å². The standard InChI is InChI=1S/C17H25N3O7S/c1-8-24-12(21)11(20-27-15(23)26-17(5,6)7)10-9-28-13(18-10)19-14(22)25-16(2,3)4/h9H,8H2,1-7H3,(H,18,19,22)/b20-11-. The average Bonchev–Trinajstić information content (AvgIpc) is 2.91. The number of nitrogens with one attached hydrogen (secondary N) is 1. The fraction of sp³-hybridized carbons (Fsp3) is 0.588. The molecule has 156 valence electrons. The van der Waals surface area contributed by atoms with Crippen LogP contribution in [-0.2, 0) is 23.8 Å². The fourth-order valence-corrected chi connectivity index (χ4v) is 2.25. The van der Waals surface area contributed by atoms with Gasteiger partial charge < -0.3 is 14.2 Å². The van der Waals surface area contributed by atoms with Crippen LogP contribution in [0.15, 0.2) is 10.5 Å². The Morgan fingerprint density at radius 2 is 1.71 bits per heavy atom. The fourth-order valence-electron chi connectivity index (χ4n) is 1.57. The van der Waals surface area contributed by atoms with Crippen LogP contribution in [0.25, 0.3) is 0 Å². The number of rotatable bonds is 5. The van der Waals surface area contributed by atoms with Crippen LogP contribution in [0, 0.1) is 0 Å². The predicted molar refractivity (Wildman–Crippen MR) is 102 cm³/mol. The van der Waals surface area contributed by atoms with Gasteiger partial charge in [-0.05, 0) is 48.5 Å². The topological polar surface area (TPSA) is 125 Å². The average molecular weight is 415 g/mol. The van der Waals surface area contributed by atoms with Crippen molar-refractivity contribution in [1.82, 2.24) is 4.98 Å². The largest absolute Gasteiger partial charge is 0.535 e. The Hall–Kier alpha value is -2.69. The number of carbonyl (C=O) groups is 3. The molecule has 0 aliphatic heterocycles. The minimum Gasteiger partial charge on any atom is -0.461 e. The van der Waals surface area contributed by atoms with Crippen LogP contribution in [0.4, 0.5) is 14.7 Å². The molecule has 0 aliphatic carbocycles. The first-order valence-corrected chi connectivity index (χ1v) is 9.29. The van der Waals surface area contributed by atoms with E-state index in [1.165, 1.54) is 5.38 Å². The van der Waals surface area contributed by atoms with E-state index in [9.17, 15) is 14.4 Å². The molecule has 0 saturated heterocycles. The van der Waals surface area contributed by atoms with Crippen molar-refractivity contribution < 1.29 is 33.4 Å². The van der Waals surface area contributed by atoms with Crippen LogP contribution in [0.2, 0.25) is 0 Å². The Kier molecular flexibility index (Phi) is 7.91. The van der Waals surface area contributed by atoms with E-state index < -0.39 is 29.4 Å². The molecule has 0 fully saturated rings. The predicted octanol–water partition coefficient (Wildman–Crippen LogP) is 3.71. The molecule has 1 N–H and O–H groups in total. The third-order valence-corrected chi connectivity index (χ3v) is 3.18. The Labute approximate surface area is 167 Å². The highest BCUT2D eigenvalue weighted by Gasteiger charge is 2.24. The molecule has 0 aliphatic rings. The zero-order valence-electron chi connectivity index (χ0n) is 16.9. The van der Waals surface area contributed by atoms with E-state index in [-0.39, 0.29) is 23.1 Å². The molecule has 1 heterocycles. The molecule has 1 rings (SSSR count). The van der Waals surface area contributed by atoms with Gasteiger partial charge in [0.25, 0.3) is 0 Å². The monoisotopic (exact) mass is 415 g/mol. The number of ether oxygens (including phenoxy) is 3. The van der Waals surface area contributed by atoms with Gasteiger partial charge in [-0.3, -0.25) is 10.2 Å². The summed E-state index contributed by atoms with van der Waals surface area (Å²) < 4.78 is 15.0. The molecule has 10 nitrogen and oxygen atoms in total. The van der Waals surface area contributed by atoms with Gasteiger partial charge in [0.05, 0.1) is 6.61 Å². The number of esters is 1. The van der Waals surface area contributed by atoms with E-state index in [0.29, 0.717) is 0 Å². The summed E-state index contributed by atoms with van der Waals surface area (Å²) >= 11 is 1.03. The molecule has 28 heavy (non-hydrogen) atoms. The number of nitrogens with zero attached hydrogens (tertiary/aromatic N) is 2. The first-order chi connectivity index (χ1) is 12.8. The summed E-state index contributed by atoms with van der Waals surface area (Å²) in [6, 6.07) is 0. The van der Waals surface area contributed by atoms with Gasteiger partial charge in [0.1, 0.15) is 16.9 Å². The second-order valence-electron chi connectivity index (χ2n) is 7.38. The van der Waals surface area contributed by atoms with E-state index in [2.05, 4.69) is 20.3 Å². The van der Waals surface area contributed by atoms with Crippen molar-refractivity contribution in [3.63, 3.8) is 0 Å². The Bertz CT molecular complexity index is 745. The highest BCUT2D eigenvalue weighted by Crippen LogP contribution is 2.18. The first kappa shape index (κ1) is 23.3. The molecule has 0 bridgehead atoms. The summed E-state index contributed by atoms with van der Waals surface area (Å²) in [5.74, 6) is -0.847. The number of hydrogen-bond donors (Lipinski definition) is 1. The van der Waals surface area contributed by atoms with Crippen molar-refractivity contribution in [2.75, 3.05) is 11.9 Å². The lowest BCUT2D eigenvalue weighted by Crippen LogP contribution is -2.27. The number of carbonyl (C=O) groups excluding carboxylic acids is 3. The van der Waals surface area contributed by atoms with Crippen molar-refractivity contribution in [2.45, 2.75) is 59.7 Å². The van der Waals surface area contributed by atoms with Crippen LogP contribution >= 0.6 is 11.3 Å². The molecule has 0 spiro atoms. The van der Waals surface area contributed by atoms with Crippen LogP contribution in [-0.4, -0.2) is 46.7 Å². The van der Waals surface area contributed by atoms with Crippen LogP contribution in [0.3, 0.4) is 0 Å². The molecule has 11 heteroatoms. The molecular weight excluding hydrogens is 390 g/mol. The van der Waals surface area contributed by atoms with E-state index in [4.69, 9.17) is 14.2 Å². The molecule has 0 radical (unpaired) electrons. The number of amides is 1. The smallest absolute Gasteiger partial charge is 0.461 e. The number of thiazole rings is 1. The Balaban J connectivity index is 2.96. The quantitative estimate of drug-likeness (QED) is 0.254. The Morgan fingerprint density at radius 1 is 1.11 bits per heavy atom. The zero-order valence-corrected chi connectivity index (χ0v) is 17.8. The molecule has 0 unspecified atom stereocenters. The summed E-state index contributed by atoms with van der Waals surface area (Å²) in [4.78, 5) is 44.3. The maximum Gasteiger partial charge on any atom is 0.535 e. The van der Waals surface area contributed by atoms with Gasteiger partial charge in [-0.25, -0.2) is 19.4 Å². The summed E-state index contributed by atoms with van der Waals surface area (Å²) in [6.07, 6.45) is -1.79. The lowest BCUT2D eigenvalue weighted by Gasteiger charge is -2.18. The van der Waals surface area contributed by atoms with Gasteiger partial charge in [0.15, 0.2) is 5.13 Å². The molecule has 0 saturated carbocycles. The summed E-state index contributed by atoms with van der Waals surface area (Å²) in [7, 11) is 0. The minimum absolute atomic E-state index is 0.0538. The lowest BCUT2D eigenvalue weighted by atomic mass is 10.2. The number of anilines is 1. The minimum atomic E-state index is -1.09. The molecule has 0 atom stereocenters. The number of aromatic nitrogens is 1. The van der Waals surface area contributed by atoms with Gasteiger partial charge >= 0.3 is 18.2 Å². The van der Waals surface area contributed by atoms with E-state index in [1.807, 2.05) is 0 Å². The van der Waals surface area contributed by atoms with Crippen molar-refractivity contribution in [1.29, 1.82) is 0 Å². The normalized spacial score (nSPS) is 12.2. The Morgan fingerprint density at radius 3 is 2.25 bits per heavy atom. The van der Waals surface area contributed by atoms with Gasteiger partial charge in [-0.1, -0.05) is 5.16 Å². The van der Waals surface area contributed by atoms with Crippen molar-refractivity contribution in [3.05, 3.63) is 11.1 Å². The van der Waals surface area contributed by atoms with Gasteiger partial charge in [-0.2, -0.15) is 0 Å². The summed E-state index contributed by atoms with van der Waals surface area (Å²) in [5, 5.41) is 7.57. The van der Waals surface area contributed by atoms with Crippen LogP contribution in [0.5, 0.6) is 0 Å². The van der Waals surface area contributed by atoms with Gasteiger partial charge in [0.2, 0.25) is 5.71 Å².